The molecule has 0 atom stereocenters. The van der Waals surface area contributed by atoms with Gasteiger partial charge in [0.1, 0.15) is 13.1 Å². The minimum Gasteiger partial charge on any atom is -0.286 e. The van der Waals surface area contributed by atoms with E-state index in [1.54, 1.807) is 9.37 Å². The summed E-state index contributed by atoms with van der Waals surface area (Å²) in [6.45, 7) is 1.13. The van der Waals surface area contributed by atoms with Gasteiger partial charge in [-0.1, -0.05) is 9.37 Å². The van der Waals surface area contributed by atoms with Crippen LogP contribution in [0.5, 0.6) is 0 Å². The molecule has 0 bridgehead atoms. The fourth-order valence-electron chi connectivity index (χ4n) is 1.23. The number of hydrogen-bond donors (Lipinski definition) is 2. The van der Waals surface area contributed by atoms with Crippen LogP contribution in [0.15, 0.2) is 0 Å². The SMILES string of the molecule is O=C1C=[N+](C[N+]2=CC(=O)CN2)NC1. The molecule has 0 saturated heterocycles. The van der Waals surface area contributed by atoms with Crippen LogP contribution in [0.25, 0.3) is 0 Å². The Bertz CT molecular complexity index is 299. The first kappa shape index (κ1) is 7.90. The van der Waals surface area contributed by atoms with E-state index in [-0.39, 0.29) is 11.6 Å². The van der Waals surface area contributed by atoms with Crippen molar-refractivity contribution in [3.8, 4) is 0 Å². The molecule has 13 heavy (non-hydrogen) atoms. The molecule has 6 nitrogen and oxygen atoms in total. The monoisotopic (exact) mass is 182 g/mol. The maximum absolute atomic E-state index is 10.8. The quantitative estimate of drug-likeness (QED) is 0.456. The van der Waals surface area contributed by atoms with Gasteiger partial charge in [-0.05, 0) is 0 Å². The van der Waals surface area contributed by atoms with E-state index >= 15 is 0 Å². The van der Waals surface area contributed by atoms with Crippen molar-refractivity contribution in [2.45, 2.75) is 0 Å². The third-order valence-corrected chi connectivity index (χ3v) is 1.82. The van der Waals surface area contributed by atoms with Crippen molar-refractivity contribution >= 4 is 24.0 Å². The Morgan fingerprint density at radius 3 is 1.85 bits per heavy atom. The fraction of sp³-hybridized carbons (Fsp3) is 0.429. The molecular formula is C7H10N4O2+2. The first-order valence-electron chi connectivity index (χ1n) is 4.00. The van der Waals surface area contributed by atoms with Gasteiger partial charge >= 0.3 is 6.67 Å². The van der Waals surface area contributed by atoms with Gasteiger partial charge in [0.15, 0.2) is 0 Å². The molecule has 0 saturated carbocycles. The minimum absolute atomic E-state index is 0.0468. The molecule has 0 fully saturated rings. The molecule has 0 aromatic rings. The van der Waals surface area contributed by atoms with Crippen LogP contribution >= 0.6 is 0 Å². The summed E-state index contributed by atoms with van der Waals surface area (Å²) < 4.78 is 3.29. The molecule has 0 amide bonds. The van der Waals surface area contributed by atoms with Crippen LogP contribution in [0.2, 0.25) is 0 Å². The molecule has 2 rings (SSSR count). The number of carbonyl (C=O) groups excluding carboxylic acids is 2. The van der Waals surface area contributed by atoms with Gasteiger partial charge in [-0.3, -0.25) is 9.59 Å². The van der Waals surface area contributed by atoms with Gasteiger partial charge in [0.2, 0.25) is 24.0 Å². The molecule has 0 aromatic heterocycles. The number of hydrazine groups is 2. The zero-order valence-corrected chi connectivity index (χ0v) is 6.99. The van der Waals surface area contributed by atoms with Gasteiger partial charge in [-0.15, -0.1) is 0 Å². The van der Waals surface area contributed by atoms with Crippen LogP contribution in [0.3, 0.4) is 0 Å². The lowest BCUT2D eigenvalue weighted by Gasteiger charge is -1.94. The normalized spacial score (nSPS) is 20.9. The van der Waals surface area contributed by atoms with Gasteiger partial charge < -0.3 is 0 Å². The van der Waals surface area contributed by atoms with Crippen LogP contribution in [0.4, 0.5) is 0 Å². The summed E-state index contributed by atoms with van der Waals surface area (Å²) in [6, 6.07) is 0. The number of hydrogen-bond acceptors (Lipinski definition) is 4. The van der Waals surface area contributed by atoms with E-state index in [2.05, 4.69) is 10.9 Å². The highest BCUT2D eigenvalue weighted by atomic mass is 16.1. The van der Waals surface area contributed by atoms with E-state index in [9.17, 15) is 9.59 Å². The lowest BCUT2D eigenvalue weighted by Crippen LogP contribution is -2.36. The first-order chi connectivity index (χ1) is 6.24. The standard InChI is InChI=1S/C7H8N4O2/c12-6-1-8-10(3-6)5-11-4-7(13)2-9-11/h3-4H,1-2,5H2/p+2. The molecule has 0 aliphatic carbocycles. The second-order valence-electron chi connectivity index (χ2n) is 2.94. The highest BCUT2D eigenvalue weighted by molar-refractivity contribution is 6.27. The largest absolute Gasteiger partial charge is 0.386 e. The van der Waals surface area contributed by atoms with Gasteiger partial charge in [-0.2, -0.15) is 10.9 Å². The molecule has 0 unspecified atom stereocenters. The van der Waals surface area contributed by atoms with Gasteiger partial charge in [0, 0.05) is 0 Å². The summed E-state index contributed by atoms with van der Waals surface area (Å²) in [7, 11) is 0. The van der Waals surface area contributed by atoms with Crippen molar-refractivity contribution in [2.24, 2.45) is 0 Å². The summed E-state index contributed by atoms with van der Waals surface area (Å²) in [5.41, 5.74) is 5.73. The Hall–Kier alpha value is -1.72. The second kappa shape index (κ2) is 2.96. The van der Waals surface area contributed by atoms with E-state index in [0.29, 0.717) is 19.8 Å². The molecule has 68 valence electrons. The Labute approximate surface area is 74.5 Å². The summed E-state index contributed by atoms with van der Waals surface area (Å²) in [4.78, 5) is 21.6. The van der Waals surface area contributed by atoms with Crippen molar-refractivity contribution in [1.82, 2.24) is 10.9 Å². The Balaban J connectivity index is 1.99. The van der Waals surface area contributed by atoms with Crippen LogP contribution < -0.4 is 10.9 Å². The van der Waals surface area contributed by atoms with Crippen molar-refractivity contribution in [3.63, 3.8) is 0 Å². The Morgan fingerprint density at radius 2 is 1.54 bits per heavy atom. The van der Waals surface area contributed by atoms with Gasteiger partial charge in [0.25, 0.3) is 0 Å². The van der Waals surface area contributed by atoms with Crippen LogP contribution in [-0.2, 0) is 9.59 Å². The number of ketones is 2. The van der Waals surface area contributed by atoms with Gasteiger partial charge in [-0.25, -0.2) is 0 Å². The summed E-state index contributed by atoms with van der Waals surface area (Å²) in [5.74, 6) is 0.0936. The number of carbonyl (C=O) groups is 2. The molecule has 2 heterocycles. The number of nitrogens with zero attached hydrogens (tertiary/aromatic N) is 2. The molecule has 2 aliphatic rings. The molecule has 0 radical (unpaired) electrons. The lowest BCUT2D eigenvalue weighted by atomic mass is 10.5. The van der Waals surface area contributed by atoms with Crippen molar-refractivity contribution in [2.75, 3.05) is 19.8 Å². The molecular weight excluding hydrogens is 172 g/mol. The van der Waals surface area contributed by atoms with Crippen LogP contribution in [0.1, 0.15) is 0 Å². The summed E-state index contributed by atoms with van der Waals surface area (Å²) in [5, 5.41) is 0. The van der Waals surface area contributed by atoms with E-state index in [1.165, 1.54) is 12.4 Å². The predicted molar refractivity (Wildman–Crippen MR) is 43.5 cm³/mol. The zero-order chi connectivity index (χ0) is 9.26. The second-order valence-corrected chi connectivity index (χ2v) is 2.94. The molecule has 0 spiro atoms. The maximum atomic E-state index is 10.8. The fourth-order valence-corrected chi connectivity index (χ4v) is 1.23. The van der Waals surface area contributed by atoms with Gasteiger partial charge in [0.05, 0.1) is 0 Å². The highest BCUT2D eigenvalue weighted by Crippen LogP contribution is 1.83. The smallest absolute Gasteiger partial charge is 0.286 e. The van der Waals surface area contributed by atoms with Crippen molar-refractivity contribution < 1.29 is 19.0 Å². The van der Waals surface area contributed by atoms with E-state index in [4.69, 9.17) is 0 Å². The lowest BCUT2D eigenvalue weighted by molar-refractivity contribution is -0.769. The third kappa shape index (κ3) is 1.71. The molecule has 6 heteroatoms. The van der Waals surface area contributed by atoms with Crippen molar-refractivity contribution in [1.29, 1.82) is 0 Å². The summed E-state index contributed by atoms with van der Waals surface area (Å²) >= 11 is 0. The first-order valence-corrected chi connectivity index (χ1v) is 4.00. The highest BCUT2D eigenvalue weighted by Gasteiger charge is 2.26. The topological polar surface area (TPSA) is 64.2 Å². The average Bonchev–Trinajstić information content (AvgIpc) is 2.62. The van der Waals surface area contributed by atoms with E-state index in [0.717, 1.165) is 0 Å². The zero-order valence-electron chi connectivity index (χ0n) is 6.99. The number of rotatable bonds is 2. The number of hydrazone groups is 2. The van der Waals surface area contributed by atoms with Crippen LogP contribution in [0, 0.1) is 0 Å². The molecule has 2 aliphatic heterocycles. The maximum Gasteiger partial charge on any atom is 0.386 e. The van der Waals surface area contributed by atoms with Crippen molar-refractivity contribution in [3.05, 3.63) is 0 Å². The molecule has 0 aromatic carbocycles. The summed E-state index contributed by atoms with van der Waals surface area (Å²) in [6.07, 6.45) is 2.97. The predicted octanol–water partition coefficient (Wildman–Crippen LogP) is -2.71. The van der Waals surface area contributed by atoms with Crippen LogP contribution in [-0.4, -0.2) is 53.1 Å². The van der Waals surface area contributed by atoms with E-state index in [1.807, 2.05) is 0 Å². The minimum atomic E-state index is 0.0468. The Kier molecular flexibility index (Phi) is 1.80. The average molecular weight is 182 g/mol. The number of nitrogens with one attached hydrogen (secondary N) is 2. The molecule has 2 N–H and O–H groups in total. The third-order valence-electron chi connectivity index (χ3n) is 1.82. The van der Waals surface area contributed by atoms with E-state index < -0.39 is 0 Å². The number of Topliss-reactive ketones (excluding diaryl/α,β-unsaturated/α-hetero) is 2. The Morgan fingerprint density at radius 1 is 1.08 bits per heavy atom.